The van der Waals surface area contributed by atoms with E-state index in [-0.39, 0.29) is 0 Å². The summed E-state index contributed by atoms with van der Waals surface area (Å²) in [6, 6.07) is 13.6. The summed E-state index contributed by atoms with van der Waals surface area (Å²) in [6.07, 6.45) is 0. The molecule has 2 aromatic heterocycles. The molecule has 0 atom stereocenters. The molecule has 0 aliphatic heterocycles. The second kappa shape index (κ2) is 5.03. The minimum atomic E-state index is 0.609. The highest BCUT2D eigenvalue weighted by Crippen LogP contribution is 2.25. The molecule has 0 radical (unpaired) electrons. The second-order valence-corrected chi connectivity index (χ2v) is 5.63. The van der Waals surface area contributed by atoms with Crippen molar-refractivity contribution in [2.45, 2.75) is 0 Å². The van der Waals surface area contributed by atoms with Gasteiger partial charge in [-0.15, -0.1) is 0 Å². The maximum Gasteiger partial charge on any atom is 0.253 e. The zero-order chi connectivity index (χ0) is 15.1. The van der Waals surface area contributed by atoms with Gasteiger partial charge >= 0.3 is 0 Å². The molecule has 0 aliphatic carbocycles. The lowest BCUT2D eigenvalue weighted by atomic mass is 10.3. The van der Waals surface area contributed by atoms with E-state index < -0.39 is 0 Å². The zero-order valence-corrected chi connectivity index (χ0v) is 13.3. The van der Waals surface area contributed by atoms with Crippen molar-refractivity contribution in [1.82, 2.24) is 19.6 Å². The highest BCUT2D eigenvalue weighted by molar-refractivity contribution is 9.10. The Morgan fingerprint density at radius 3 is 2.86 bits per heavy atom. The number of anilines is 2. The Morgan fingerprint density at radius 1 is 1.18 bits per heavy atom. The summed E-state index contributed by atoms with van der Waals surface area (Å²) in [4.78, 5) is 8.96. The third kappa shape index (κ3) is 2.10. The van der Waals surface area contributed by atoms with Crippen LogP contribution >= 0.6 is 15.9 Å². The Morgan fingerprint density at radius 2 is 2.05 bits per heavy atom. The summed E-state index contributed by atoms with van der Waals surface area (Å²) in [6.45, 7) is 0. The van der Waals surface area contributed by atoms with E-state index in [0.29, 0.717) is 11.7 Å². The summed E-state index contributed by atoms with van der Waals surface area (Å²) in [5.41, 5.74) is 2.72. The molecule has 0 saturated heterocycles. The van der Waals surface area contributed by atoms with Crippen LogP contribution in [0.4, 0.5) is 11.6 Å². The summed E-state index contributed by atoms with van der Waals surface area (Å²) < 4.78 is 8.03. The largest absolute Gasteiger partial charge is 0.497 e. The van der Waals surface area contributed by atoms with Gasteiger partial charge in [0.05, 0.1) is 23.8 Å². The molecule has 4 aromatic rings. The molecule has 4 rings (SSSR count). The third-order valence-corrected chi connectivity index (χ3v) is 4.09. The van der Waals surface area contributed by atoms with Crippen LogP contribution in [0.2, 0.25) is 0 Å². The average molecular weight is 358 g/mol. The monoisotopic (exact) mass is 357 g/mol. The van der Waals surface area contributed by atoms with Gasteiger partial charge in [-0.2, -0.15) is 4.98 Å². The first-order valence-corrected chi connectivity index (χ1v) is 7.47. The van der Waals surface area contributed by atoms with Crippen molar-refractivity contribution in [2.75, 3.05) is 12.4 Å². The first kappa shape index (κ1) is 13.1. The molecule has 0 unspecified atom stereocenters. The number of fused-ring (bicyclic) bond motifs is 3. The molecule has 0 aliphatic rings. The van der Waals surface area contributed by atoms with E-state index in [0.717, 1.165) is 26.9 Å². The van der Waals surface area contributed by atoms with Crippen molar-refractivity contribution >= 4 is 44.4 Å². The Labute approximate surface area is 134 Å². The Balaban J connectivity index is 1.77. The lowest BCUT2D eigenvalue weighted by Crippen LogP contribution is -1.94. The first-order valence-electron chi connectivity index (χ1n) is 6.68. The van der Waals surface area contributed by atoms with Gasteiger partial charge in [-0.1, -0.05) is 12.1 Å². The number of aromatic amines is 1. The smallest absolute Gasteiger partial charge is 0.253 e. The maximum absolute atomic E-state index is 5.21. The van der Waals surface area contributed by atoms with Gasteiger partial charge in [0.15, 0.2) is 0 Å². The maximum atomic E-state index is 5.21. The van der Waals surface area contributed by atoms with Crippen LogP contribution in [0.1, 0.15) is 0 Å². The van der Waals surface area contributed by atoms with Crippen LogP contribution in [0.5, 0.6) is 5.75 Å². The Hall–Kier alpha value is -2.54. The summed E-state index contributed by atoms with van der Waals surface area (Å²) in [7, 11) is 1.64. The number of aromatic nitrogens is 4. The number of halogens is 1. The highest BCUT2D eigenvalue weighted by Gasteiger charge is 2.11. The quantitative estimate of drug-likeness (QED) is 0.586. The fourth-order valence-electron chi connectivity index (χ4n) is 2.34. The summed E-state index contributed by atoms with van der Waals surface area (Å²) in [5, 5.41) is 6.44. The number of rotatable bonds is 3. The van der Waals surface area contributed by atoms with Crippen LogP contribution in [-0.4, -0.2) is 26.7 Å². The average Bonchev–Trinajstić information content (AvgIpc) is 3.05. The van der Waals surface area contributed by atoms with Gasteiger partial charge in [-0.25, -0.2) is 9.50 Å². The van der Waals surface area contributed by atoms with Gasteiger partial charge < -0.3 is 10.1 Å². The minimum absolute atomic E-state index is 0.609. The van der Waals surface area contributed by atoms with Gasteiger partial charge in [0, 0.05) is 10.5 Å². The number of methoxy groups -OCH3 is 1. The van der Waals surface area contributed by atoms with E-state index in [2.05, 4.69) is 36.3 Å². The van der Waals surface area contributed by atoms with Gasteiger partial charge in [0.1, 0.15) is 5.75 Å². The number of H-pyrrole nitrogens is 1. The van der Waals surface area contributed by atoms with E-state index >= 15 is 0 Å². The van der Waals surface area contributed by atoms with Crippen LogP contribution in [-0.2, 0) is 0 Å². The standard InChI is InChI=1S/C15H12BrN5O/c1-22-9-6-7-13-12(8-9)18-15-19-14(20-21(13)15)17-11-5-3-2-4-10(11)16/h2-8H,1H3,(H2,17,18,19,20). The Kier molecular flexibility index (Phi) is 3.00. The predicted octanol–water partition coefficient (Wildman–Crippen LogP) is 3.73. The third-order valence-electron chi connectivity index (χ3n) is 3.40. The lowest BCUT2D eigenvalue weighted by Gasteiger charge is -2.04. The van der Waals surface area contributed by atoms with Crippen molar-refractivity contribution in [3.63, 3.8) is 0 Å². The minimum Gasteiger partial charge on any atom is -0.497 e. The SMILES string of the molecule is COc1ccc2c(c1)nc1nc(Nc3ccccc3Br)[nH]n12. The van der Waals surface area contributed by atoms with Crippen LogP contribution in [0.15, 0.2) is 46.9 Å². The van der Waals surface area contributed by atoms with E-state index in [9.17, 15) is 0 Å². The van der Waals surface area contributed by atoms with Crippen molar-refractivity contribution < 1.29 is 4.74 Å². The number of para-hydroxylation sites is 1. The number of imidazole rings is 1. The molecule has 2 heterocycles. The number of nitrogens with one attached hydrogen (secondary N) is 2. The van der Waals surface area contributed by atoms with Gasteiger partial charge in [0.2, 0.25) is 5.95 Å². The van der Waals surface area contributed by atoms with Gasteiger partial charge in [0.25, 0.3) is 5.78 Å². The van der Waals surface area contributed by atoms with Crippen LogP contribution in [0.3, 0.4) is 0 Å². The number of benzene rings is 2. The molecule has 0 bridgehead atoms. The number of ether oxygens (including phenoxy) is 1. The molecule has 0 fully saturated rings. The van der Waals surface area contributed by atoms with Crippen molar-refractivity contribution in [1.29, 1.82) is 0 Å². The molecule has 6 nitrogen and oxygen atoms in total. The second-order valence-electron chi connectivity index (χ2n) is 4.78. The van der Waals surface area contributed by atoms with Gasteiger partial charge in [-0.05, 0) is 40.2 Å². The molecule has 2 N–H and O–H groups in total. The molecule has 22 heavy (non-hydrogen) atoms. The Bertz CT molecular complexity index is 975. The van der Waals surface area contributed by atoms with E-state index in [1.165, 1.54) is 0 Å². The normalized spacial score (nSPS) is 11.2. The molecule has 2 aromatic carbocycles. The lowest BCUT2D eigenvalue weighted by molar-refractivity contribution is 0.415. The highest BCUT2D eigenvalue weighted by atomic mass is 79.9. The molecular formula is C15H12BrN5O. The van der Waals surface area contributed by atoms with E-state index in [1.54, 1.807) is 7.11 Å². The molecule has 7 heteroatoms. The van der Waals surface area contributed by atoms with Crippen LogP contribution in [0, 0.1) is 0 Å². The van der Waals surface area contributed by atoms with Crippen molar-refractivity contribution in [2.24, 2.45) is 0 Å². The molecular weight excluding hydrogens is 346 g/mol. The number of nitrogens with zero attached hydrogens (tertiary/aromatic N) is 3. The number of hydrogen-bond acceptors (Lipinski definition) is 4. The van der Waals surface area contributed by atoms with Crippen LogP contribution < -0.4 is 10.1 Å². The summed E-state index contributed by atoms with van der Waals surface area (Å²) in [5.74, 6) is 2.02. The van der Waals surface area contributed by atoms with Gasteiger partial charge in [-0.3, -0.25) is 5.10 Å². The topological polar surface area (TPSA) is 67.2 Å². The molecule has 110 valence electrons. The fourth-order valence-corrected chi connectivity index (χ4v) is 2.72. The summed E-state index contributed by atoms with van der Waals surface area (Å²) >= 11 is 3.50. The van der Waals surface area contributed by atoms with Crippen molar-refractivity contribution in [3.8, 4) is 5.75 Å². The zero-order valence-electron chi connectivity index (χ0n) is 11.7. The molecule has 0 saturated carbocycles. The molecule has 0 spiro atoms. The fraction of sp³-hybridized carbons (Fsp3) is 0.0667. The van der Waals surface area contributed by atoms with Crippen molar-refractivity contribution in [3.05, 3.63) is 46.9 Å². The van der Waals surface area contributed by atoms with Crippen LogP contribution in [0.25, 0.3) is 16.8 Å². The van der Waals surface area contributed by atoms with E-state index in [4.69, 9.17) is 4.74 Å². The predicted molar refractivity (Wildman–Crippen MR) is 88.8 cm³/mol. The number of hydrogen-bond donors (Lipinski definition) is 2. The van der Waals surface area contributed by atoms with E-state index in [1.807, 2.05) is 47.0 Å². The first-order chi connectivity index (χ1) is 10.7. The molecule has 0 amide bonds.